The van der Waals surface area contributed by atoms with Gasteiger partial charge in [-0.15, -0.1) is 0 Å². The lowest BCUT2D eigenvalue weighted by molar-refractivity contribution is 0.0494. The smallest absolute Gasteiger partial charge is 0.374 e. The number of halogens is 1. The number of ether oxygens (including phenoxy) is 4. The van der Waals surface area contributed by atoms with E-state index in [4.69, 9.17) is 23.9 Å². The summed E-state index contributed by atoms with van der Waals surface area (Å²) in [5.74, 6) is -1.34. The van der Waals surface area contributed by atoms with Crippen molar-refractivity contribution in [3.63, 3.8) is 0 Å². The number of hydrogen-bond donors (Lipinski definition) is 0. The number of carbonyl (C=O) groups is 2. The van der Waals surface area contributed by atoms with Crippen LogP contribution >= 0.6 is 0 Å². The minimum Gasteiger partial charge on any atom is -0.485 e. The van der Waals surface area contributed by atoms with Crippen LogP contribution in [0.4, 0.5) is 4.39 Å². The first kappa shape index (κ1) is 30.5. The number of pyridine rings is 2. The molecule has 3 aromatic heterocycles. The summed E-state index contributed by atoms with van der Waals surface area (Å²) >= 11 is 0. The van der Waals surface area contributed by atoms with E-state index in [1.165, 1.54) is 22.9 Å². The molecule has 4 heterocycles. The van der Waals surface area contributed by atoms with E-state index in [1.807, 2.05) is 30.3 Å². The van der Waals surface area contributed by atoms with E-state index in [0.29, 0.717) is 23.3 Å². The number of imidazole rings is 1. The average molecular weight is 627 g/mol. The number of hydrogen-bond acceptors (Lipinski definition) is 9. The first-order chi connectivity index (χ1) is 22.4. The molecule has 1 atom stereocenters. The molecule has 0 radical (unpaired) electrons. The summed E-state index contributed by atoms with van der Waals surface area (Å²) in [4.78, 5) is 48.9. The number of rotatable bonds is 11. The van der Waals surface area contributed by atoms with Crippen molar-refractivity contribution < 1.29 is 32.9 Å². The van der Waals surface area contributed by atoms with Gasteiger partial charge in [0.25, 0.3) is 5.56 Å². The molecule has 1 aliphatic rings. The van der Waals surface area contributed by atoms with Crippen molar-refractivity contribution in [2.24, 2.45) is 0 Å². The molecule has 0 amide bonds. The molecule has 0 spiro atoms. The third-order valence-corrected chi connectivity index (χ3v) is 7.51. The van der Waals surface area contributed by atoms with E-state index >= 15 is 0 Å². The fourth-order valence-electron chi connectivity index (χ4n) is 5.46. The van der Waals surface area contributed by atoms with Crippen LogP contribution in [0.15, 0.2) is 78.0 Å². The van der Waals surface area contributed by atoms with Gasteiger partial charge in [0, 0.05) is 30.6 Å². The third-order valence-electron chi connectivity index (χ3n) is 7.51. The lowest BCUT2D eigenvalue weighted by Gasteiger charge is -2.30. The number of aromatic nitrogens is 4. The van der Waals surface area contributed by atoms with Crippen molar-refractivity contribution in [3.8, 4) is 11.5 Å². The van der Waals surface area contributed by atoms with Crippen molar-refractivity contribution in [2.45, 2.75) is 46.1 Å². The van der Waals surface area contributed by atoms with Crippen LogP contribution in [0.25, 0.3) is 11.0 Å². The molecule has 46 heavy (non-hydrogen) atoms. The predicted molar refractivity (Wildman–Crippen MR) is 165 cm³/mol. The molecule has 11 nitrogen and oxygen atoms in total. The third kappa shape index (κ3) is 6.06. The van der Waals surface area contributed by atoms with Crippen LogP contribution < -0.4 is 15.0 Å². The molecule has 5 aromatic rings. The van der Waals surface area contributed by atoms with Gasteiger partial charge in [-0.1, -0.05) is 42.5 Å². The zero-order valence-electron chi connectivity index (χ0n) is 25.3. The van der Waals surface area contributed by atoms with Gasteiger partial charge in [0.2, 0.25) is 5.82 Å². The van der Waals surface area contributed by atoms with Crippen LogP contribution in [0.1, 0.15) is 51.5 Å². The molecule has 0 saturated carbocycles. The van der Waals surface area contributed by atoms with E-state index < -0.39 is 23.6 Å². The Hall–Kier alpha value is -5.52. The van der Waals surface area contributed by atoms with Crippen LogP contribution in [0, 0.1) is 5.82 Å². The number of carbonyl (C=O) groups excluding carboxylic acids is 2. The largest absolute Gasteiger partial charge is 0.485 e. The molecule has 0 saturated heterocycles. The van der Waals surface area contributed by atoms with Crippen LogP contribution in [0.2, 0.25) is 0 Å². The van der Waals surface area contributed by atoms with Crippen LogP contribution in [0.3, 0.4) is 0 Å². The number of benzene rings is 2. The van der Waals surface area contributed by atoms with Gasteiger partial charge in [-0.25, -0.2) is 19.0 Å². The fraction of sp³-hybridized carbons (Fsp3) is 0.265. The lowest BCUT2D eigenvalue weighted by Crippen LogP contribution is -2.40. The Labute approximate surface area is 263 Å². The Morgan fingerprint density at radius 3 is 2.46 bits per heavy atom. The van der Waals surface area contributed by atoms with E-state index in [2.05, 4.69) is 4.98 Å². The highest BCUT2D eigenvalue weighted by molar-refractivity contribution is 6.00. The van der Waals surface area contributed by atoms with Gasteiger partial charge >= 0.3 is 11.9 Å². The number of nitrogens with zero attached hydrogens (tertiary/aromatic N) is 4. The van der Waals surface area contributed by atoms with E-state index in [9.17, 15) is 18.8 Å². The molecule has 0 unspecified atom stereocenters. The second kappa shape index (κ2) is 13.2. The standard InChI is InChI=1S/C34H31FN4O7/c1-3-43-33(41)26-30(45-20-22-8-6-5-7-9-22)27-28-29(23(17-37-27)16-21-10-12-24(35)13-11-21)46-25(19-39(28)32(26)40)18-38-15-14-36-31(38)34(42)44-4-2/h5-15,17,25H,3-4,16,18-20H2,1-2H3/t25-/m1/s1. The SMILES string of the molecule is CCOC(=O)c1c(OCc2ccccc2)c2ncc(Cc3ccc(F)cc3)c3c2n(c1=O)C[C@@H](Cn1ccnc1C(=O)OCC)O3. The van der Waals surface area contributed by atoms with Gasteiger partial charge in [-0.3, -0.25) is 14.3 Å². The summed E-state index contributed by atoms with van der Waals surface area (Å²) in [6.45, 7) is 3.82. The van der Waals surface area contributed by atoms with Gasteiger partial charge in [-0.05, 0) is 37.1 Å². The molecule has 2 aromatic carbocycles. The minimum absolute atomic E-state index is 0.00519. The van der Waals surface area contributed by atoms with Crippen molar-refractivity contribution in [1.29, 1.82) is 0 Å². The van der Waals surface area contributed by atoms with E-state index in [0.717, 1.165) is 11.1 Å². The lowest BCUT2D eigenvalue weighted by atomic mass is 10.0. The Kier molecular flexibility index (Phi) is 8.77. The average Bonchev–Trinajstić information content (AvgIpc) is 3.52. The molecule has 6 rings (SSSR count). The Balaban J connectivity index is 1.49. The molecular formula is C34H31FN4O7. The van der Waals surface area contributed by atoms with Crippen molar-refractivity contribution in [1.82, 2.24) is 19.1 Å². The van der Waals surface area contributed by atoms with Crippen molar-refractivity contribution >= 4 is 23.0 Å². The Bertz CT molecular complexity index is 1950. The van der Waals surface area contributed by atoms with E-state index in [1.54, 1.807) is 42.9 Å². The summed E-state index contributed by atoms with van der Waals surface area (Å²) < 4.78 is 39.9. The molecule has 0 bridgehead atoms. The van der Waals surface area contributed by atoms with Gasteiger partial charge in [-0.2, -0.15) is 0 Å². The Morgan fingerprint density at radius 1 is 0.978 bits per heavy atom. The van der Waals surface area contributed by atoms with Crippen LogP contribution in [-0.2, 0) is 35.6 Å². The molecule has 0 fully saturated rings. The number of esters is 2. The Morgan fingerprint density at radius 2 is 1.72 bits per heavy atom. The van der Waals surface area contributed by atoms with Crippen molar-refractivity contribution in [2.75, 3.05) is 13.2 Å². The molecule has 12 heteroatoms. The van der Waals surface area contributed by atoms with Gasteiger partial charge in [0.05, 0.1) is 26.3 Å². The molecule has 0 aliphatic carbocycles. The first-order valence-corrected chi connectivity index (χ1v) is 14.9. The van der Waals surface area contributed by atoms with E-state index in [-0.39, 0.29) is 61.4 Å². The molecular weight excluding hydrogens is 595 g/mol. The zero-order valence-corrected chi connectivity index (χ0v) is 25.3. The summed E-state index contributed by atoms with van der Waals surface area (Å²) in [5.41, 5.74) is 1.96. The summed E-state index contributed by atoms with van der Waals surface area (Å²) in [7, 11) is 0. The second-order valence-corrected chi connectivity index (χ2v) is 10.6. The normalized spacial score (nSPS) is 13.7. The maximum atomic E-state index is 14.2. The second-order valence-electron chi connectivity index (χ2n) is 10.6. The maximum Gasteiger partial charge on any atom is 0.374 e. The highest BCUT2D eigenvalue weighted by Gasteiger charge is 2.34. The fourth-order valence-corrected chi connectivity index (χ4v) is 5.46. The summed E-state index contributed by atoms with van der Waals surface area (Å²) in [5, 5.41) is 0. The maximum absolute atomic E-state index is 14.2. The van der Waals surface area contributed by atoms with Gasteiger partial charge in [0.1, 0.15) is 29.6 Å². The highest BCUT2D eigenvalue weighted by atomic mass is 19.1. The topological polar surface area (TPSA) is 124 Å². The van der Waals surface area contributed by atoms with Crippen LogP contribution in [0.5, 0.6) is 11.5 Å². The molecule has 1 aliphatic heterocycles. The quantitative estimate of drug-likeness (QED) is 0.192. The van der Waals surface area contributed by atoms with Crippen LogP contribution in [-0.4, -0.2) is 50.4 Å². The summed E-state index contributed by atoms with van der Waals surface area (Å²) in [6, 6.07) is 15.4. The van der Waals surface area contributed by atoms with Crippen molar-refractivity contribution in [3.05, 3.63) is 117 Å². The predicted octanol–water partition coefficient (Wildman–Crippen LogP) is 4.72. The highest BCUT2D eigenvalue weighted by Crippen LogP contribution is 2.39. The summed E-state index contributed by atoms with van der Waals surface area (Å²) in [6.07, 6.45) is 4.35. The minimum atomic E-state index is -0.831. The first-order valence-electron chi connectivity index (χ1n) is 14.9. The molecule has 236 valence electrons. The zero-order chi connectivity index (χ0) is 32.2. The molecule has 0 N–H and O–H groups in total. The van der Waals surface area contributed by atoms with Gasteiger partial charge in [0.15, 0.2) is 17.1 Å². The van der Waals surface area contributed by atoms with Gasteiger partial charge < -0.3 is 23.5 Å². The monoisotopic (exact) mass is 626 g/mol.